The van der Waals surface area contributed by atoms with Crippen LogP contribution < -0.4 is 15.5 Å². The number of amides is 3. The number of unbranched alkanes of at least 4 members (excludes halogenated alkanes) is 1. The molecule has 3 N–H and O–H groups in total. The van der Waals surface area contributed by atoms with Crippen LogP contribution >= 0.6 is 11.8 Å². The van der Waals surface area contributed by atoms with Crippen molar-refractivity contribution >= 4 is 40.9 Å². The molecule has 3 heterocycles. The largest absolute Gasteiger partial charge is 0.396 e. The monoisotopic (exact) mass is 578 g/mol. The number of nitrogens with zero attached hydrogens (tertiary/aromatic N) is 2. The van der Waals surface area contributed by atoms with Crippen molar-refractivity contribution < 1.29 is 19.5 Å². The molecule has 2 aromatic carbocycles. The van der Waals surface area contributed by atoms with Gasteiger partial charge in [0.05, 0.1) is 16.6 Å². The normalized spacial score (nSPS) is 28.0. The van der Waals surface area contributed by atoms with Gasteiger partial charge in [0.25, 0.3) is 0 Å². The number of aliphatic hydroxyl groups excluding tert-OH is 1. The summed E-state index contributed by atoms with van der Waals surface area (Å²) in [6.07, 6.45) is 2.63. The van der Waals surface area contributed by atoms with E-state index in [9.17, 15) is 19.5 Å². The Morgan fingerprint density at radius 2 is 1.73 bits per heavy atom. The molecule has 41 heavy (non-hydrogen) atoms. The summed E-state index contributed by atoms with van der Waals surface area (Å²) in [5, 5.41) is 15.6. The minimum absolute atomic E-state index is 0.0314. The standard InChI is InChI=1S/C32H42N4O4S/c1-4-35(5-2)24-15-13-23(14-16-24)34-29(39)27-32-18-17-31(3,41-32)25(26(32)30(40)36(27)19-9-10-20-37)28(38)33-21-22-11-7-6-8-12-22/h6-8,11-16,25-27,37H,4-5,9-10,17-21H2,1-3H3,(H,33,38)(H,34,39)/t25-,26+,27?,31+,32?/m1/s1. The van der Waals surface area contributed by atoms with Crippen LogP contribution in [0.25, 0.3) is 0 Å². The Hall–Kier alpha value is -3.04. The molecule has 2 unspecified atom stereocenters. The van der Waals surface area contributed by atoms with Gasteiger partial charge in [-0.3, -0.25) is 14.4 Å². The van der Waals surface area contributed by atoms with E-state index in [1.165, 1.54) is 0 Å². The highest BCUT2D eigenvalue weighted by atomic mass is 32.2. The molecule has 3 aliphatic heterocycles. The second-order valence-electron chi connectivity index (χ2n) is 11.6. The Balaban J connectivity index is 1.41. The Bertz CT molecular complexity index is 1250. The molecule has 3 amide bonds. The Morgan fingerprint density at radius 1 is 1.02 bits per heavy atom. The zero-order chi connectivity index (χ0) is 29.2. The fourth-order valence-electron chi connectivity index (χ4n) is 7.21. The highest BCUT2D eigenvalue weighted by Crippen LogP contribution is 2.71. The number of hydrogen-bond acceptors (Lipinski definition) is 6. The van der Waals surface area contributed by atoms with Crippen molar-refractivity contribution in [2.45, 2.75) is 68.5 Å². The topological polar surface area (TPSA) is 102 Å². The van der Waals surface area contributed by atoms with Crippen LogP contribution in [0.1, 0.15) is 52.0 Å². The lowest BCUT2D eigenvalue weighted by Gasteiger charge is -2.35. The number of anilines is 2. The summed E-state index contributed by atoms with van der Waals surface area (Å²) in [6.45, 7) is 8.92. The van der Waals surface area contributed by atoms with Crippen molar-refractivity contribution in [3.8, 4) is 0 Å². The molecule has 5 rings (SSSR count). The van der Waals surface area contributed by atoms with Crippen LogP contribution in [0.4, 0.5) is 11.4 Å². The van der Waals surface area contributed by atoms with Crippen LogP contribution in [-0.2, 0) is 20.9 Å². The Labute approximate surface area is 247 Å². The van der Waals surface area contributed by atoms with Gasteiger partial charge in [-0.1, -0.05) is 30.3 Å². The van der Waals surface area contributed by atoms with Crippen molar-refractivity contribution in [3.05, 3.63) is 60.2 Å². The number of aliphatic hydroxyl groups is 1. The third kappa shape index (κ3) is 5.34. The third-order valence-electron chi connectivity index (χ3n) is 9.19. The molecule has 3 fully saturated rings. The fraction of sp³-hybridized carbons (Fsp3) is 0.531. The van der Waals surface area contributed by atoms with Crippen LogP contribution in [-0.4, -0.2) is 69.5 Å². The van der Waals surface area contributed by atoms with Gasteiger partial charge in [0.15, 0.2) is 0 Å². The van der Waals surface area contributed by atoms with Crippen molar-refractivity contribution in [2.24, 2.45) is 11.8 Å². The molecule has 0 radical (unpaired) electrons. The van der Waals surface area contributed by atoms with E-state index < -0.39 is 27.4 Å². The van der Waals surface area contributed by atoms with Crippen molar-refractivity contribution in [1.29, 1.82) is 0 Å². The lowest BCUT2D eigenvalue weighted by Crippen LogP contribution is -2.52. The van der Waals surface area contributed by atoms with E-state index in [1.54, 1.807) is 16.7 Å². The molecule has 2 bridgehead atoms. The van der Waals surface area contributed by atoms with E-state index in [0.717, 1.165) is 30.8 Å². The lowest BCUT2D eigenvalue weighted by molar-refractivity contribution is -0.140. The number of nitrogens with one attached hydrogen (secondary N) is 2. The van der Waals surface area contributed by atoms with Gasteiger partial charge in [0, 0.05) is 48.9 Å². The van der Waals surface area contributed by atoms with E-state index in [1.807, 2.05) is 54.6 Å². The van der Waals surface area contributed by atoms with Gasteiger partial charge >= 0.3 is 0 Å². The van der Waals surface area contributed by atoms with Crippen molar-refractivity contribution in [2.75, 3.05) is 36.5 Å². The Morgan fingerprint density at radius 3 is 2.39 bits per heavy atom. The first kappa shape index (κ1) is 29.5. The smallest absolute Gasteiger partial charge is 0.248 e. The predicted octanol–water partition coefficient (Wildman–Crippen LogP) is 4.04. The number of rotatable bonds is 12. The molecule has 3 aliphatic rings. The van der Waals surface area contributed by atoms with Gasteiger partial charge in [0.2, 0.25) is 17.7 Å². The zero-order valence-corrected chi connectivity index (χ0v) is 25.1. The maximum Gasteiger partial charge on any atom is 0.248 e. The molecule has 1 spiro atoms. The quantitative estimate of drug-likeness (QED) is 0.329. The van der Waals surface area contributed by atoms with Gasteiger partial charge in [-0.15, -0.1) is 11.8 Å². The molecule has 220 valence electrons. The summed E-state index contributed by atoms with van der Waals surface area (Å²) in [7, 11) is 0. The second-order valence-corrected chi connectivity index (χ2v) is 13.5. The van der Waals surface area contributed by atoms with Crippen LogP contribution in [0.5, 0.6) is 0 Å². The molecule has 8 nitrogen and oxygen atoms in total. The van der Waals surface area contributed by atoms with E-state index in [2.05, 4.69) is 36.3 Å². The highest BCUT2D eigenvalue weighted by molar-refractivity contribution is 8.02. The number of likely N-dealkylation sites (tertiary alicyclic amines) is 1. The van der Waals surface area contributed by atoms with E-state index in [4.69, 9.17) is 0 Å². The summed E-state index contributed by atoms with van der Waals surface area (Å²) in [5.74, 6) is -1.51. The zero-order valence-electron chi connectivity index (χ0n) is 24.3. The van der Waals surface area contributed by atoms with E-state index >= 15 is 0 Å². The summed E-state index contributed by atoms with van der Waals surface area (Å²) in [6, 6.07) is 16.9. The highest BCUT2D eigenvalue weighted by Gasteiger charge is 2.77. The first-order chi connectivity index (χ1) is 19.8. The number of thioether (sulfide) groups is 1. The number of carbonyl (C=O) groups excluding carboxylic acids is 3. The van der Waals surface area contributed by atoms with Gasteiger partial charge < -0.3 is 25.5 Å². The SMILES string of the molecule is CCN(CC)c1ccc(NC(=O)C2N(CCCCO)C(=O)[C@@H]3[C@H](C(=O)NCc4ccccc4)[C@]4(C)CCC23S4)cc1. The predicted molar refractivity (Wildman–Crippen MR) is 164 cm³/mol. The van der Waals surface area contributed by atoms with E-state index in [-0.39, 0.29) is 24.3 Å². The average molecular weight is 579 g/mol. The molecule has 9 heteroatoms. The minimum atomic E-state index is -0.681. The maximum atomic E-state index is 14.1. The van der Waals surface area contributed by atoms with Gasteiger partial charge in [-0.25, -0.2) is 0 Å². The molecule has 2 aromatic rings. The summed E-state index contributed by atoms with van der Waals surface area (Å²) >= 11 is 1.68. The van der Waals surface area contributed by atoms with Crippen LogP contribution in [0.3, 0.4) is 0 Å². The molecule has 0 aromatic heterocycles. The first-order valence-corrected chi connectivity index (χ1v) is 15.7. The molecule has 3 saturated heterocycles. The summed E-state index contributed by atoms with van der Waals surface area (Å²) in [5.41, 5.74) is 2.79. The third-order valence-corrected chi connectivity index (χ3v) is 11.2. The lowest BCUT2D eigenvalue weighted by atomic mass is 9.66. The van der Waals surface area contributed by atoms with Crippen molar-refractivity contribution in [3.63, 3.8) is 0 Å². The summed E-state index contributed by atoms with van der Waals surface area (Å²) in [4.78, 5) is 45.9. The summed E-state index contributed by atoms with van der Waals surface area (Å²) < 4.78 is -1.08. The number of carbonyl (C=O) groups is 3. The second kappa shape index (κ2) is 12.1. The number of benzene rings is 2. The van der Waals surface area contributed by atoms with Gasteiger partial charge in [-0.2, -0.15) is 0 Å². The average Bonchev–Trinajstić information content (AvgIpc) is 3.54. The molecule has 5 atom stereocenters. The minimum Gasteiger partial charge on any atom is -0.396 e. The van der Waals surface area contributed by atoms with Crippen molar-refractivity contribution in [1.82, 2.24) is 10.2 Å². The van der Waals surface area contributed by atoms with E-state index in [0.29, 0.717) is 38.0 Å². The number of hydrogen-bond donors (Lipinski definition) is 3. The molecule has 0 aliphatic carbocycles. The molecular formula is C32H42N4O4S. The van der Waals surface area contributed by atoms with Crippen LogP contribution in [0, 0.1) is 11.8 Å². The Kier molecular flexibility index (Phi) is 8.66. The van der Waals surface area contributed by atoms with Gasteiger partial charge in [-0.05, 0) is 76.3 Å². The molecule has 0 saturated carbocycles. The maximum absolute atomic E-state index is 14.1. The first-order valence-electron chi connectivity index (χ1n) is 14.9. The van der Waals surface area contributed by atoms with Gasteiger partial charge in [0.1, 0.15) is 6.04 Å². The van der Waals surface area contributed by atoms with Crippen LogP contribution in [0.15, 0.2) is 54.6 Å². The van der Waals surface area contributed by atoms with Crippen LogP contribution in [0.2, 0.25) is 0 Å². The fourth-order valence-corrected chi connectivity index (χ4v) is 9.57. The molecular weight excluding hydrogens is 536 g/mol. The number of fused-ring (bicyclic) bond motifs is 1.